The zero-order chi connectivity index (χ0) is 36.7. The van der Waals surface area contributed by atoms with Crippen LogP contribution >= 0.6 is 0 Å². The smallest absolute Gasteiger partial charge is 0.0468 e. The van der Waals surface area contributed by atoms with Gasteiger partial charge in [0.05, 0.1) is 0 Å². The van der Waals surface area contributed by atoms with Gasteiger partial charge in [-0.15, -0.1) is 0 Å². The molecule has 2 nitrogen and oxygen atoms in total. The number of fused-ring (bicyclic) bond motifs is 2. The fourth-order valence-corrected chi connectivity index (χ4v) is 7.16. The first kappa shape index (κ1) is 34.2. The van der Waals surface area contributed by atoms with E-state index in [0.717, 1.165) is 34.1 Å². The van der Waals surface area contributed by atoms with Gasteiger partial charge in [-0.25, -0.2) is 0 Å². The van der Waals surface area contributed by atoms with Gasteiger partial charge in [0, 0.05) is 34.1 Å². The predicted octanol–water partition coefficient (Wildman–Crippen LogP) is 15.3. The number of benzene rings is 9. The van der Waals surface area contributed by atoms with Gasteiger partial charge in [-0.2, -0.15) is 0 Å². The van der Waals surface area contributed by atoms with E-state index in [9.17, 15) is 0 Å². The van der Waals surface area contributed by atoms with Crippen LogP contribution in [0, 0.1) is 0 Å². The highest BCUT2D eigenvalue weighted by molar-refractivity contribution is 5.91. The van der Waals surface area contributed by atoms with Crippen molar-refractivity contribution in [3.05, 3.63) is 218 Å². The molecule has 2 heteroatoms. The Morgan fingerprint density at radius 3 is 1.06 bits per heavy atom. The number of nitrogens with zero attached hydrogens (tertiary/aromatic N) is 2. The summed E-state index contributed by atoms with van der Waals surface area (Å²) in [6.07, 6.45) is 0. The van der Waals surface area contributed by atoms with E-state index in [1.807, 2.05) is 13.8 Å². The van der Waals surface area contributed by atoms with Crippen LogP contribution < -0.4 is 9.80 Å². The molecule has 0 fully saturated rings. The zero-order valence-corrected chi connectivity index (χ0v) is 30.7. The van der Waals surface area contributed by atoms with E-state index in [0.29, 0.717) is 0 Å². The maximum atomic E-state index is 2.34. The number of hydrogen-bond donors (Lipinski definition) is 0. The van der Waals surface area contributed by atoms with Crippen LogP contribution in [0.25, 0.3) is 43.8 Å². The molecule has 9 rings (SSSR count). The molecule has 9 aromatic carbocycles. The molecule has 0 aliphatic heterocycles. The van der Waals surface area contributed by atoms with Crippen molar-refractivity contribution in [1.82, 2.24) is 0 Å². The Morgan fingerprint density at radius 2 is 0.556 bits per heavy atom. The van der Waals surface area contributed by atoms with E-state index in [1.54, 1.807) is 0 Å². The summed E-state index contributed by atoms with van der Waals surface area (Å²) < 4.78 is 0. The molecular weight excluding hydrogens is 653 g/mol. The Labute approximate surface area is 318 Å². The van der Waals surface area contributed by atoms with Crippen LogP contribution in [0.2, 0.25) is 0 Å². The third-order valence-electron chi connectivity index (χ3n) is 9.79. The summed E-state index contributed by atoms with van der Waals surface area (Å²) in [5.74, 6) is 0. The number of hydrogen-bond acceptors (Lipinski definition) is 2. The molecular formula is C52H42N2. The summed E-state index contributed by atoms with van der Waals surface area (Å²) in [6.45, 7) is 4.00. The van der Waals surface area contributed by atoms with E-state index in [1.165, 1.54) is 43.8 Å². The van der Waals surface area contributed by atoms with Gasteiger partial charge in [-0.1, -0.05) is 159 Å². The van der Waals surface area contributed by atoms with Crippen molar-refractivity contribution < 1.29 is 0 Å². The van der Waals surface area contributed by atoms with Crippen molar-refractivity contribution in [2.45, 2.75) is 13.8 Å². The number of anilines is 6. The Kier molecular flexibility index (Phi) is 9.99. The largest absolute Gasteiger partial charge is 0.310 e. The van der Waals surface area contributed by atoms with Crippen molar-refractivity contribution in [2.75, 3.05) is 9.80 Å². The van der Waals surface area contributed by atoms with E-state index in [4.69, 9.17) is 0 Å². The molecule has 0 N–H and O–H groups in total. The molecule has 0 saturated heterocycles. The van der Waals surface area contributed by atoms with Crippen molar-refractivity contribution in [3.63, 3.8) is 0 Å². The summed E-state index contributed by atoms with van der Waals surface area (Å²) in [7, 11) is 0. The van der Waals surface area contributed by atoms with Crippen LogP contribution in [-0.4, -0.2) is 0 Å². The normalized spacial score (nSPS) is 10.8. The number of rotatable bonds is 8. The lowest BCUT2D eigenvalue weighted by Crippen LogP contribution is -2.09. The monoisotopic (exact) mass is 694 g/mol. The van der Waals surface area contributed by atoms with E-state index >= 15 is 0 Å². The second-order valence-corrected chi connectivity index (χ2v) is 13.1. The fraction of sp³-hybridized carbons (Fsp3) is 0.0385. The van der Waals surface area contributed by atoms with Crippen LogP contribution in [0.5, 0.6) is 0 Å². The van der Waals surface area contributed by atoms with Gasteiger partial charge in [0.2, 0.25) is 0 Å². The molecule has 0 radical (unpaired) electrons. The third-order valence-corrected chi connectivity index (χ3v) is 9.79. The number of para-hydroxylation sites is 2. The summed E-state index contributed by atoms with van der Waals surface area (Å²) >= 11 is 0. The third kappa shape index (κ3) is 7.11. The second kappa shape index (κ2) is 15.8. The van der Waals surface area contributed by atoms with Gasteiger partial charge in [-0.05, 0) is 117 Å². The minimum absolute atomic E-state index is 1.12. The van der Waals surface area contributed by atoms with Gasteiger partial charge in [0.25, 0.3) is 0 Å². The van der Waals surface area contributed by atoms with Gasteiger partial charge >= 0.3 is 0 Å². The Bertz CT molecular complexity index is 2610. The highest BCUT2D eigenvalue weighted by atomic mass is 15.1. The molecule has 0 amide bonds. The van der Waals surface area contributed by atoms with Gasteiger partial charge in [0.15, 0.2) is 0 Å². The summed E-state index contributed by atoms with van der Waals surface area (Å²) in [6, 6.07) is 78.3. The average molecular weight is 695 g/mol. The van der Waals surface area contributed by atoms with Crippen molar-refractivity contribution in [1.29, 1.82) is 0 Å². The summed E-state index contributed by atoms with van der Waals surface area (Å²) in [4.78, 5) is 4.66. The van der Waals surface area contributed by atoms with Crippen LogP contribution in [0.3, 0.4) is 0 Å². The van der Waals surface area contributed by atoms with Gasteiger partial charge in [0.1, 0.15) is 0 Å². The predicted molar refractivity (Wildman–Crippen MR) is 233 cm³/mol. The van der Waals surface area contributed by atoms with Crippen LogP contribution in [0.1, 0.15) is 13.8 Å². The van der Waals surface area contributed by atoms with Crippen molar-refractivity contribution in [3.8, 4) is 22.3 Å². The molecule has 0 unspecified atom stereocenters. The van der Waals surface area contributed by atoms with Crippen molar-refractivity contribution >= 4 is 55.7 Å². The van der Waals surface area contributed by atoms with E-state index in [2.05, 4.69) is 228 Å². The summed E-state index contributed by atoms with van der Waals surface area (Å²) in [5, 5.41) is 4.93. The van der Waals surface area contributed by atoms with Gasteiger partial charge in [-0.3, -0.25) is 0 Å². The minimum Gasteiger partial charge on any atom is -0.310 e. The fourth-order valence-electron chi connectivity index (χ4n) is 7.16. The van der Waals surface area contributed by atoms with E-state index < -0.39 is 0 Å². The molecule has 0 aromatic heterocycles. The molecule has 0 aliphatic carbocycles. The van der Waals surface area contributed by atoms with Crippen LogP contribution in [0.4, 0.5) is 34.1 Å². The standard InChI is InChI=1S/C50H36N2.C2H6/c1-3-17-45(18-4-1)51(49-32-28-37-12-7-9-14-42(37)35-49)47-30-26-40(27-31-47)39-22-24-41(25-23-39)44-16-11-21-48(34-44)52(46-19-5-2-6-20-46)50-33-29-38-13-8-10-15-43(38)36-50;1-2/h1-36H;1-2H3. The SMILES string of the molecule is CC.c1ccc(N(c2ccc(-c3ccc(-c4cccc(N(c5ccccc5)c5ccc6ccccc6c5)c4)cc3)cc2)c2ccc3ccccc3c2)cc1. The molecule has 0 spiro atoms. The molecule has 260 valence electrons. The molecule has 0 aliphatic rings. The molecule has 9 aromatic rings. The van der Waals surface area contributed by atoms with Gasteiger partial charge < -0.3 is 9.80 Å². The first-order valence-electron chi connectivity index (χ1n) is 18.8. The Hall–Kier alpha value is -6.90. The molecule has 0 bridgehead atoms. The Morgan fingerprint density at radius 1 is 0.222 bits per heavy atom. The minimum atomic E-state index is 1.12. The lowest BCUT2D eigenvalue weighted by molar-refractivity contribution is 1.29. The molecule has 0 atom stereocenters. The second-order valence-electron chi connectivity index (χ2n) is 13.1. The molecule has 54 heavy (non-hydrogen) atoms. The highest BCUT2D eigenvalue weighted by Gasteiger charge is 2.15. The molecule has 0 saturated carbocycles. The average Bonchev–Trinajstić information content (AvgIpc) is 3.26. The topological polar surface area (TPSA) is 6.48 Å². The zero-order valence-electron chi connectivity index (χ0n) is 30.7. The highest BCUT2D eigenvalue weighted by Crippen LogP contribution is 2.39. The Balaban J connectivity index is 0.00000203. The first-order chi connectivity index (χ1) is 26.8. The van der Waals surface area contributed by atoms with E-state index in [-0.39, 0.29) is 0 Å². The summed E-state index contributed by atoms with van der Waals surface area (Å²) in [5.41, 5.74) is 11.5. The lowest BCUT2D eigenvalue weighted by Gasteiger charge is -2.26. The van der Waals surface area contributed by atoms with Crippen LogP contribution in [-0.2, 0) is 0 Å². The molecule has 0 heterocycles. The van der Waals surface area contributed by atoms with Crippen LogP contribution in [0.15, 0.2) is 218 Å². The maximum Gasteiger partial charge on any atom is 0.0468 e. The van der Waals surface area contributed by atoms with Crippen molar-refractivity contribution in [2.24, 2.45) is 0 Å². The first-order valence-corrected chi connectivity index (χ1v) is 18.8. The lowest BCUT2D eigenvalue weighted by atomic mass is 9.99. The quantitative estimate of drug-likeness (QED) is 0.156. The maximum absolute atomic E-state index is 2.34.